The quantitative estimate of drug-likeness (QED) is 0.780. The zero-order valence-electron chi connectivity index (χ0n) is 13.2. The van der Waals surface area contributed by atoms with Crippen LogP contribution in [0.2, 0.25) is 0 Å². The van der Waals surface area contributed by atoms with Crippen LogP contribution in [0.3, 0.4) is 0 Å². The summed E-state index contributed by atoms with van der Waals surface area (Å²) in [5.41, 5.74) is 0. The first-order valence-corrected chi connectivity index (χ1v) is 8.41. The molecule has 0 radical (unpaired) electrons. The summed E-state index contributed by atoms with van der Waals surface area (Å²) in [7, 11) is 1.78. The molecule has 2 N–H and O–H groups in total. The minimum absolute atomic E-state index is 0.0925. The fourth-order valence-corrected chi connectivity index (χ4v) is 3.73. The number of aliphatic hydroxyl groups excluding tert-OH is 1. The molecule has 20 heavy (non-hydrogen) atoms. The summed E-state index contributed by atoms with van der Waals surface area (Å²) in [5, 5.41) is 13.9. The van der Waals surface area contributed by atoms with E-state index < -0.39 is 0 Å². The van der Waals surface area contributed by atoms with E-state index in [1.807, 2.05) is 0 Å². The average Bonchev–Trinajstić information content (AvgIpc) is 2.48. The Morgan fingerprint density at radius 3 is 2.50 bits per heavy atom. The first-order chi connectivity index (χ1) is 9.74. The van der Waals surface area contributed by atoms with Crippen molar-refractivity contribution in [3.63, 3.8) is 0 Å². The first-order valence-electron chi connectivity index (χ1n) is 8.41. The lowest BCUT2D eigenvalue weighted by atomic mass is 9.89. The highest BCUT2D eigenvalue weighted by Gasteiger charge is 2.31. The van der Waals surface area contributed by atoms with Gasteiger partial charge < -0.3 is 15.2 Å². The Morgan fingerprint density at radius 1 is 1.20 bits per heavy atom. The largest absolute Gasteiger partial charge is 0.391 e. The number of nitrogens with zero attached hydrogens (tertiary/aromatic N) is 1. The van der Waals surface area contributed by atoms with Crippen LogP contribution < -0.4 is 5.32 Å². The molecule has 3 atom stereocenters. The van der Waals surface area contributed by atoms with Gasteiger partial charge in [-0.2, -0.15) is 0 Å². The second kappa shape index (κ2) is 8.32. The normalized spacial score (nSPS) is 31.4. The lowest BCUT2D eigenvalue weighted by Gasteiger charge is -2.42. The summed E-state index contributed by atoms with van der Waals surface area (Å²) in [4.78, 5) is 2.53. The van der Waals surface area contributed by atoms with Crippen LogP contribution in [0.25, 0.3) is 0 Å². The van der Waals surface area contributed by atoms with Gasteiger partial charge in [-0.25, -0.2) is 0 Å². The highest BCUT2D eigenvalue weighted by molar-refractivity contribution is 4.88. The number of methoxy groups -OCH3 is 1. The SMILES string of the molecule is CCC(COC)NC1CCN(C2CCCCC2O)CC1. The number of piperidine rings is 1. The minimum atomic E-state index is -0.0925. The van der Waals surface area contributed by atoms with Gasteiger partial charge >= 0.3 is 0 Å². The van der Waals surface area contributed by atoms with Crippen LogP contribution in [0.1, 0.15) is 51.9 Å². The fraction of sp³-hybridized carbons (Fsp3) is 1.00. The molecular weight excluding hydrogens is 252 g/mol. The monoisotopic (exact) mass is 284 g/mol. The topological polar surface area (TPSA) is 44.7 Å². The summed E-state index contributed by atoms with van der Waals surface area (Å²) in [6.07, 6.45) is 8.08. The summed E-state index contributed by atoms with van der Waals surface area (Å²) in [6.45, 7) is 5.27. The lowest BCUT2D eigenvalue weighted by Crippen LogP contribution is -2.53. The second-order valence-electron chi connectivity index (χ2n) is 6.46. The fourth-order valence-electron chi connectivity index (χ4n) is 3.73. The van der Waals surface area contributed by atoms with Gasteiger partial charge in [0.15, 0.2) is 0 Å². The van der Waals surface area contributed by atoms with Crippen molar-refractivity contribution < 1.29 is 9.84 Å². The molecule has 2 rings (SSSR count). The Kier molecular flexibility index (Phi) is 6.75. The molecule has 1 aliphatic carbocycles. The molecule has 0 aromatic heterocycles. The zero-order chi connectivity index (χ0) is 14.4. The Balaban J connectivity index is 1.74. The number of likely N-dealkylation sites (tertiary alicyclic amines) is 1. The highest BCUT2D eigenvalue weighted by Crippen LogP contribution is 2.26. The van der Waals surface area contributed by atoms with Crippen LogP contribution in [-0.2, 0) is 4.74 Å². The molecule has 1 heterocycles. The van der Waals surface area contributed by atoms with Gasteiger partial charge in [0.25, 0.3) is 0 Å². The van der Waals surface area contributed by atoms with E-state index in [2.05, 4.69) is 17.1 Å². The van der Waals surface area contributed by atoms with Crippen molar-refractivity contribution in [1.82, 2.24) is 10.2 Å². The Morgan fingerprint density at radius 2 is 1.90 bits per heavy atom. The molecule has 1 saturated heterocycles. The van der Waals surface area contributed by atoms with Gasteiger partial charge in [0.05, 0.1) is 12.7 Å². The maximum absolute atomic E-state index is 10.2. The van der Waals surface area contributed by atoms with Gasteiger partial charge in [0.2, 0.25) is 0 Å². The van der Waals surface area contributed by atoms with Crippen molar-refractivity contribution >= 4 is 0 Å². The molecule has 4 heteroatoms. The van der Waals surface area contributed by atoms with Crippen molar-refractivity contribution in [3.8, 4) is 0 Å². The van der Waals surface area contributed by atoms with Gasteiger partial charge in [0, 0.05) is 38.3 Å². The number of ether oxygens (including phenoxy) is 1. The molecule has 0 aromatic carbocycles. The molecule has 0 aromatic rings. The van der Waals surface area contributed by atoms with E-state index in [0.717, 1.165) is 32.5 Å². The van der Waals surface area contributed by atoms with Crippen molar-refractivity contribution in [1.29, 1.82) is 0 Å². The average molecular weight is 284 g/mol. The van der Waals surface area contributed by atoms with E-state index in [1.54, 1.807) is 7.11 Å². The molecule has 2 aliphatic rings. The third-order valence-electron chi connectivity index (χ3n) is 5.02. The van der Waals surface area contributed by atoms with E-state index in [0.29, 0.717) is 18.1 Å². The Labute approximate surface area is 123 Å². The smallest absolute Gasteiger partial charge is 0.0695 e. The Bertz CT molecular complexity index is 267. The molecule has 0 amide bonds. The first kappa shape index (κ1) is 16.2. The second-order valence-corrected chi connectivity index (χ2v) is 6.46. The summed E-state index contributed by atoms with van der Waals surface area (Å²) in [6, 6.07) is 1.52. The maximum atomic E-state index is 10.2. The number of aliphatic hydroxyl groups is 1. The molecule has 1 aliphatic heterocycles. The molecular formula is C16H32N2O2. The standard InChI is InChI=1S/C16H32N2O2/c1-3-13(12-20-2)17-14-8-10-18(11-9-14)15-6-4-5-7-16(15)19/h13-17,19H,3-12H2,1-2H3. The van der Waals surface area contributed by atoms with Crippen LogP contribution in [0.15, 0.2) is 0 Å². The van der Waals surface area contributed by atoms with Crippen LogP contribution >= 0.6 is 0 Å². The van der Waals surface area contributed by atoms with E-state index in [4.69, 9.17) is 4.74 Å². The van der Waals surface area contributed by atoms with Crippen molar-refractivity contribution in [2.45, 2.75) is 76.1 Å². The molecule has 4 nitrogen and oxygen atoms in total. The predicted octanol–water partition coefficient (Wildman–Crippen LogP) is 1.77. The third-order valence-corrected chi connectivity index (χ3v) is 5.02. The molecule has 0 spiro atoms. The molecule has 1 saturated carbocycles. The van der Waals surface area contributed by atoms with Gasteiger partial charge in [-0.05, 0) is 32.1 Å². The van der Waals surface area contributed by atoms with Gasteiger partial charge in [-0.1, -0.05) is 19.8 Å². The predicted molar refractivity (Wildman–Crippen MR) is 81.9 cm³/mol. The number of nitrogens with one attached hydrogen (secondary N) is 1. The van der Waals surface area contributed by atoms with Crippen molar-refractivity contribution in [2.24, 2.45) is 0 Å². The molecule has 118 valence electrons. The van der Waals surface area contributed by atoms with Crippen molar-refractivity contribution in [3.05, 3.63) is 0 Å². The lowest BCUT2D eigenvalue weighted by molar-refractivity contribution is 0.00589. The molecule has 3 unspecified atom stereocenters. The van der Waals surface area contributed by atoms with Crippen molar-refractivity contribution in [2.75, 3.05) is 26.8 Å². The summed E-state index contributed by atoms with van der Waals surface area (Å²) in [5.74, 6) is 0. The van der Waals surface area contributed by atoms with Crippen LogP contribution in [0.5, 0.6) is 0 Å². The van der Waals surface area contributed by atoms with Gasteiger partial charge in [-0.3, -0.25) is 4.90 Å². The maximum Gasteiger partial charge on any atom is 0.0695 e. The number of hydrogen-bond donors (Lipinski definition) is 2. The van der Waals surface area contributed by atoms with Gasteiger partial charge in [0.1, 0.15) is 0 Å². The molecule has 2 fully saturated rings. The van der Waals surface area contributed by atoms with E-state index in [1.165, 1.54) is 32.1 Å². The molecule has 0 bridgehead atoms. The van der Waals surface area contributed by atoms with Crippen LogP contribution in [0.4, 0.5) is 0 Å². The number of hydrogen-bond acceptors (Lipinski definition) is 4. The highest BCUT2D eigenvalue weighted by atomic mass is 16.5. The van der Waals surface area contributed by atoms with Crippen LogP contribution in [-0.4, -0.2) is 61.0 Å². The van der Waals surface area contributed by atoms with Gasteiger partial charge in [-0.15, -0.1) is 0 Å². The third kappa shape index (κ3) is 4.42. The van der Waals surface area contributed by atoms with E-state index in [-0.39, 0.29) is 6.10 Å². The zero-order valence-corrected chi connectivity index (χ0v) is 13.2. The number of rotatable bonds is 6. The minimum Gasteiger partial charge on any atom is -0.391 e. The summed E-state index contributed by atoms with van der Waals surface area (Å²) < 4.78 is 5.26. The van der Waals surface area contributed by atoms with E-state index in [9.17, 15) is 5.11 Å². The van der Waals surface area contributed by atoms with Crippen LogP contribution in [0, 0.1) is 0 Å². The van der Waals surface area contributed by atoms with E-state index >= 15 is 0 Å². The Hall–Kier alpha value is -0.160. The summed E-state index contributed by atoms with van der Waals surface area (Å²) >= 11 is 0.